The van der Waals surface area contributed by atoms with E-state index in [0.29, 0.717) is 12.8 Å². The van der Waals surface area contributed by atoms with Gasteiger partial charge >= 0.3 is 30.8 Å². The SMILES string of the molecule is CC1=CCC(C(=O)O)C(C(=O)O)C1.[H-].[Li+]. The third kappa shape index (κ3) is 2.90. The van der Waals surface area contributed by atoms with Gasteiger partial charge in [0.25, 0.3) is 0 Å². The minimum atomic E-state index is -1.02. The summed E-state index contributed by atoms with van der Waals surface area (Å²) in [7, 11) is 0. The van der Waals surface area contributed by atoms with Crippen molar-refractivity contribution in [3.8, 4) is 0 Å². The van der Waals surface area contributed by atoms with Crippen molar-refractivity contribution in [3.63, 3.8) is 0 Å². The maximum atomic E-state index is 10.7. The molecule has 0 fully saturated rings. The molecule has 2 atom stereocenters. The van der Waals surface area contributed by atoms with Crippen LogP contribution < -0.4 is 18.9 Å². The van der Waals surface area contributed by atoms with Crippen molar-refractivity contribution >= 4 is 11.9 Å². The van der Waals surface area contributed by atoms with Gasteiger partial charge in [-0.1, -0.05) is 11.6 Å². The molecular formula is C9H13LiO4. The second kappa shape index (κ2) is 5.23. The number of rotatable bonds is 2. The Balaban J connectivity index is 0. The molecule has 0 aromatic carbocycles. The van der Waals surface area contributed by atoms with Gasteiger partial charge in [0.2, 0.25) is 0 Å². The molecule has 5 heteroatoms. The largest absolute Gasteiger partial charge is 1.00 e. The van der Waals surface area contributed by atoms with Gasteiger partial charge in [-0.15, -0.1) is 0 Å². The van der Waals surface area contributed by atoms with Crippen LogP contribution in [-0.4, -0.2) is 22.2 Å². The van der Waals surface area contributed by atoms with Crippen molar-refractivity contribution in [2.75, 3.05) is 0 Å². The summed E-state index contributed by atoms with van der Waals surface area (Å²) < 4.78 is 0. The van der Waals surface area contributed by atoms with E-state index in [0.717, 1.165) is 5.57 Å². The Morgan fingerprint density at radius 1 is 1.36 bits per heavy atom. The van der Waals surface area contributed by atoms with Gasteiger partial charge in [0.1, 0.15) is 0 Å². The van der Waals surface area contributed by atoms with Gasteiger partial charge in [0.15, 0.2) is 0 Å². The second-order valence-corrected chi connectivity index (χ2v) is 3.38. The normalized spacial score (nSPS) is 25.9. The van der Waals surface area contributed by atoms with Crippen LogP contribution in [0.2, 0.25) is 0 Å². The van der Waals surface area contributed by atoms with Crippen molar-refractivity contribution < 1.29 is 40.1 Å². The van der Waals surface area contributed by atoms with E-state index < -0.39 is 23.8 Å². The number of allylic oxidation sites excluding steroid dienone is 2. The summed E-state index contributed by atoms with van der Waals surface area (Å²) in [5.41, 5.74) is 0.963. The average Bonchev–Trinajstić information content (AvgIpc) is 2.03. The maximum Gasteiger partial charge on any atom is 1.00 e. The molecule has 0 saturated carbocycles. The first kappa shape index (κ1) is 13.3. The van der Waals surface area contributed by atoms with Gasteiger partial charge in [0.05, 0.1) is 11.8 Å². The molecule has 0 aromatic rings. The molecule has 0 amide bonds. The third-order valence-corrected chi connectivity index (χ3v) is 2.38. The van der Waals surface area contributed by atoms with Crippen molar-refractivity contribution in [1.29, 1.82) is 0 Å². The second-order valence-electron chi connectivity index (χ2n) is 3.38. The summed E-state index contributed by atoms with van der Waals surface area (Å²) in [5.74, 6) is -3.56. The smallest absolute Gasteiger partial charge is 1.00 e. The first-order valence-electron chi connectivity index (χ1n) is 4.13. The molecule has 74 valence electrons. The number of carboxylic acids is 2. The summed E-state index contributed by atoms with van der Waals surface area (Å²) in [5, 5.41) is 17.5. The Kier molecular flexibility index (Phi) is 4.96. The van der Waals surface area contributed by atoms with Crippen LogP contribution >= 0.6 is 0 Å². The van der Waals surface area contributed by atoms with Gasteiger partial charge in [-0.05, 0) is 19.8 Å². The Bertz CT molecular complexity index is 277. The zero-order chi connectivity index (χ0) is 10.0. The number of carbonyl (C=O) groups is 2. The molecule has 1 rings (SSSR count). The molecule has 0 aromatic heterocycles. The number of hydrogen-bond donors (Lipinski definition) is 2. The summed E-state index contributed by atoms with van der Waals surface area (Å²) in [4.78, 5) is 21.4. The van der Waals surface area contributed by atoms with Crippen LogP contribution in [-0.2, 0) is 9.59 Å². The minimum absolute atomic E-state index is 0. The Hall–Kier alpha value is -0.723. The minimum Gasteiger partial charge on any atom is -1.00 e. The standard InChI is InChI=1S/C9H12O4.Li.H/c1-5-2-3-6(8(10)11)7(4-5)9(12)13;;/h2,6-7H,3-4H2,1H3,(H,10,11)(H,12,13);;/q;+1;-1. The Morgan fingerprint density at radius 2 is 1.86 bits per heavy atom. The van der Waals surface area contributed by atoms with E-state index in [1.807, 2.05) is 6.92 Å². The molecule has 14 heavy (non-hydrogen) atoms. The quantitative estimate of drug-likeness (QED) is 0.401. The molecule has 0 saturated heterocycles. The van der Waals surface area contributed by atoms with Gasteiger partial charge in [-0.3, -0.25) is 9.59 Å². The molecule has 2 N–H and O–H groups in total. The first-order chi connectivity index (χ1) is 6.02. The van der Waals surface area contributed by atoms with Crippen molar-refractivity contribution in [2.45, 2.75) is 19.8 Å². The van der Waals surface area contributed by atoms with E-state index in [-0.39, 0.29) is 20.3 Å². The fourth-order valence-electron chi connectivity index (χ4n) is 1.60. The average molecular weight is 192 g/mol. The summed E-state index contributed by atoms with van der Waals surface area (Å²) >= 11 is 0. The Morgan fingerprint density at radius 3 is 2.29 bits per heavy atom. The molecule has 0 aliphatic heterocycles. The predicted molar refractivity (Wildman–Crippen MR) is 46.4 cm³/mol. The van der Waals surface area contributed by atoms with Crippen LogP contribution in [0.1, 0.15) is 21.2 Å². The molecule has 0 heterocycles. The summed E-state index contributed by atoms with van der Waals surface area (Å²) in [6.07, 6.45) is 2.49. The summed E-state index contributed by atoms with van der Waals surface area (Å²) in [6.45, 7) is 1.83. The topological polar surface area (TPSA) is 74.6 Å². The van der Waals surface area contributed by atoms with Crippen LogP contribution in [0.3, 0.4) is 0 Å². The number of carboxylic acid groups (broad SMARTS) is 2. The van der Waals surface area contributed by atoms with E-state index in [9.17, 15) is 9.59 Å². The third-order valence-electron chi connectivity index (χ3n) is 2.38. The fourth-order valence-corrected chi connectivity index (χ4v) is 1.60. The fraction of sp³-hybridized carbons (Fsp3) is 0.556. The molecule has 0 radical (unpaired) electrons. The zero-order valence-corrected chi connectivity index (χ0v) is 8.36. The van der Waals surface area contributed by atoms with E-state index >= 15 is 0 Å². The summed E-state index contributed by atoms with van der Waals surface area (Å²) in [6, 6.07) is 0. The zero-order valence-electron chi connectivity index (χ0n) is 9.36. The van der Waals surface area contributed by atoms with E-state index in [1.54, 1.807) is 6.08 Å². The number of aliphatic carboxylic acids is 2. The van der Waals surface area contributed by atoms with Crippen LogP contribution in [0.25, 0.3) is 0 Å². The van der Waals surface area contributed by atoms with Gasteiger partial charge < -0.3 is 11.6 Å². The molecular weight excluding hydrogens is 179 g/mol. The molecule has 0 bridgehead atoms. The van der Waals surface area contributed by atoms with Crippen LogP contribution in [0.4, 0.5) is 0 Å². The molecule has 4 nitrogen and oxygen atoms in total. The maximum absolute atomic E-state index is 10.7. The van der Waals surface area contributed by atoms with Crippen LogP contribution in [0, 0.1) is 11.8 Å². The number of hydrogen-bond acceptors (Lipinski definition) is 2. The van der Waals surface area contributed by atoms with E-state index in [4.69, 9.17) is 10.2 Å². The molecule has 1 aliphatic carbocycles. The van der Waals surface area contributed by atoms with Crippen molar-refractivity contribution in [3.05, 3.63) is 11.6 Å². The molecule has 1 aliphatic rings. The van der Waals surface area contributed by atoms with Crippen molar-refractivity contribution in [1.82, 2.24) is 0 Å². The molecule has 2 unspecified atom stereocenters. The van der Waals surface area contributed by atoms with Crippen molar-refractivity contribution in [2.24, 2.45) is 11.8 Å². The molecule has 0 spiro atoms. The Labute approximate surface area is 95.7 Å². The van der Waals surface area contributed by atoms with E-state index in [2.05, 4.69) is 0 Å². The van der Waals surface area contributed by atoms with Gasteiger partial charge in [-0.25, -0.2) is 0 Å². The monoisotopic (exact) mass is 192 g/mol. The van der Waals surface area contributed by atoms with Gasteiger partial charge in [-0.2, -0.15) is 0 Å². The van der Waals surface area contributed by atoms with E-state index in [1.165, 1.54) is 0 Å². The van der Waals surface area contributed by atoms with Crippen LogP contribution in [0.5, 0.6) is 0 Å². The van der Waals surface area contributed by atoms with Crippen LogP contribution in [0.15, 0.2) is 11.6 Å². The predicted octanol–water partition coefficient (Wildman–Crippen LogP) is -1.76. The van der Waals surface area contributed by atoms with Gasteiger partial charge in [0, 0.05) is 0 Å². The first-order valence-corrected chi connectivity index (χ1v) is 4.13.